The Morgan fingerprint density at radius 2 is 2.16 bits per heavy atom. The molecule has 19 heavy (non-hydrogen) atoms. The number of rotatable bonds is 8. The number of aromatic nitrogens is 2. The van der Waals surface area contributed by atoms with E-state index in [0.29, 0.717) is 0 Å². The van der Waals surface area contributed by atoms with Crippen LogP contribution in [0.15, 0.2) is 11.2 Å². The van der Waals surface area contributed by atoms with Crippen LogP contribution in [0.4, 0.5) is 11.6 Å². The van der Waals surface area contributed by atoms with Gasteiger partial charge in [0.1, 0.15) is 11.6 Å². The minimum absolute atomic E-state index is 0.852. The topological polar surface area (TPSA) is 41.0 Å². The van der Waals surface area contributed by atoms with Gasteiger partial charge in [0.05, 0.1) is 0 Å². The number of nitrogens with zero attached hydrogens (tertiary/aromatic N) is 3. The maximum atomic E-state index is 4.65. The van der Waals surface area contributed by atoms with Crippen LogP contribution in [0.2, 0.25) is 0 Å². The van der Waals surface area contributed by atoms with Gasteiger partial charge < -0.3 is 10.2 Å². The minimum Gasteiger partial charge on any atom is -0.370 e. The lowest BCUT2D eigenvalue weighted by Gasteiger charge is -2.22. The van der Waals surface area contributed by atoms with Crippen LogP contribution in [0, 0.1) is 5.92 Å². The van der Waals surface area contributed by atoms with E-state index in [9.17, 15) is 0 Å². The Bertz CT molecular complexity index is 406. The van der Waals surface area contributed by atoms with Crippen molar-refractivity contribution in [3.8, 4) is 0 Å². The van der Waals surface area contributed by atoms with Gasteiger partial charge in [-0.2, -0.15) is 0 Å². The van der Waals surface area contributed by atoms with Crippen LogP contribution in [0.25, 0.3) is 0 Å². The highest BCUT2D eigenvalue weighted by Gasteiger charge is 2.24. The van der Waals surface area contributed by atoms with E-state index in [-0.39, 0.29) is 0 Å². The maximum Gasteiger partial charge on any atom is 0.191 e. The number of hydrogen-bond donors (Lipinski definition) is 1. The summed E-state index contributed by atoms with van der Waals surface area (Å²) in [6, 6.07) is 2.08. The molecule has 2 rings (SSSR count). The van der Waals surface area contributed by atoms with Crippen molar-refractivity contribution in [3.05, 3.63) is 6.07 Å². The van der Waals surface area contributed by atoms with Crippen molar-refractivity contribution in [1.29, 1.82) is 0 Å². The van der Waals surface area contributed by atoms with Crippen LogP contribution in [0.1, 0.15) is 33.1 Å². The second-order valence-electron chi connectivity index (χ2n) is 5.01. The predicted molar refractivity (Wildman–Crippen MR) is 83.2 cm³/mol. The molecule has 0 amide bonds. The largest absolute Gasteiger partial charge is 0.370 e. The smallest absolute Gasteiger partial charge is 0.191 e. The molecule has 0 aliphatic heterocycles. The van der Waals surface area contributed by atoms with E-state index in [4.69, 9.17) is 0 Å². The minimum atomic E-state index is 0.852. The molecule has 1 aromatic rings. The van der Waals surface area contributed by atoms with Gasteiger partial charge in [0.2, 0.25) is 0 Å². The van der Waals surface area contributed by atoms with Gasteiger partial charge in [0.15, 0.2) is 5.16 Å². The third-order valence-electron chi connectivity index (χ3n) is 3.31. The third-order valence-corrected chi connectivity index (χ3v) is 3.86. The van der Waals surface area contributed by atoms with Crippen molar-refractivity contribution < 1.29 is 0 Å². The van der Waals surface area contributed by atoms with Crippen molar-refractivity contribution in [2.24, 2.45) is 5.92 Å². The lowest BCUT2D eigenvalue weighted by Crippen LogP contribution is -2.26. The summed E-state index contributed by atoms with van der Waals surface area (Å²) < 4.78 is 0. The Labute approximate surface area is 120 Å². The van der Waals surface area contributed by atoms with Crippen LogP contribution >= 0.6 is 11.8 Å². The monoisotopic (exact) mass is 280 g/mol. The van der Waals surface area contributed by atoms with Crippen molar-refractivity contribution >= 4 is 23.4 Å². The summed E-state index contributed by atoms with van der Waals surface area (Å²) in [6.07, 6.45) is 5.88. The van der Waals surface area contributed by atoms with Gasteiger partial charge in [-0.05, 0) is 38.4 Å². The summed E-state index contributed by atoms with van der Waals surface area (Å²) in [6.45, 7) is 7.46. The zero-order valence-electron chi connectivity index (χ0n) is 12.1. The zero-order chi connectivity index (χ0) is 13.7. The Kier molecular flexibility index (Phi) is 5.31. The van der Waals surface area contributed by atoms with Gasteiger partial charge in [-0.1, -0.05) is 18.7 Å². The molecule has 1 fully saturated rings. The van der Waals surface area contributed by atoms with Crippen LogP contribution in [-0.4, -0.2) is 35.9 Å². The first-order chi connectivity index (χ1) is 9.26. The van der Waals surface area contributed by atoms with Crippen LogP contribution in [0.3, 0.4) is 0 Å². The average Bonchev–Trinajstić information content (AvgIpc) is 3.26. The highest BCUT2D eigenvalue weighted by Crippen LogP contribution is 2.31. The SMILES string of the molecule is CCCNc1cc(N(CC)CC2CC2)nc(SC)n1. The quantitative estimate of drug-likeness (QED) is 0.585. The molecule has 1 N–H and O–H groups in total. The van der Waals surface area contributed by atoms with Crippen molar-refractivity contribution in [2.75, 3.05) is 36.1 Å². The Morgan fingerprint density at radius 1 is 1.37 bits per heavy atom. The normalized spacial score (nSPS) is 14.5. The van der Waals surface area contributed by atoms with Gasteiger partial charge in [-0.15, -0.1) is 0 Å². The first-order valence-corrected chi connectivity index (χ1v) is 8.41. The molecule has 4 nitrogen and oxygen atoms in total. The van der Waals surface area contributed by atoms with Crippen LogP contribution in [-0.2, 0) is 0 Å². The van der Waals surface area contributed by atoms with Crippen LogP contribution < -0.4 is 10.2 Å². The summed E-state index contributed by atoms with van der Waals surface area (Å²) in [4.78, 5) is 11.5. The maximum absolute atomic E-state index is 4.65. The van der Waals surface area contributed by atoms with Gasteiger partial charge in [-0.25, -0.2) is 9.97 Å². The first-order valence-electron chi connectivity index (χ1n) is 7.18. The Morgan fingerprint density at radius 3 is 2.74 bits per heavy atom. The van der Waals surface area contributed by atoms with Gasteiger partial charge in [0, 0.05) is 25.7 Å². The first kappa shape index (κ1) is 14.4. The molecule has 1 aliphatic carbocycles. The standard InChI is InChI=1S/C14H24N4S/c1-4-8-15-12-9-13(17-14(16-12)19-3)18(5-2)10-11-6-7-11/h9,11H,4-8,10H2,1-3H3,(H,15,16,17). The molecule has 0 radical (unpaired) electrons. The average molecular weight is 280 g/mol. The second-order valence-corrected chi connectivity index (χ2v) is 5.78. The number of anilines is 2. The third kappa shape index (κ3) is 4.27. The number of hydrogen-bond acceptors (Lipinski definition) is 5. The van der Waals surface area contributed by atoms with E-state index in [1.165, 1.54) is 12.8 Å². The van der Waals surface area contributed by atoms with Crippen LogP contribution in [0.5, 0.6) is 0 Å². The number of thioether (sulfide) groups is 1. The molecule has 5 heteroatoms. The van der Waals surface area contributed by atoms with E-state index in [1.54, 1.807) is 11.8 Å². The van der Waals surface area contributed by atoms with Gasteiger partial charge in [-0.3, -0.25) is 0 Å². The second kappa shape index (κ2) is 6.98. The summed E-state index contributed by atoms with van der Waals surface area (Å²) in [5.74, 6) is 2.89. The molecule has 0 bridgehead atoms. The molecule has 0 saturated heterocycles. The molecule has 0 spiro atoms. The van der Waals surface area contributed by atoms with Gasteiger partial charge >= 0.3 is 0 Å². The Balaban J connectivity index is 2.15. The van der Waals surface area contributed by atoms with Crippen molar-refractivity contribution in [3.63, 3.8) is 0 Å². The highest BCUT2D eigenvalue weighted by atomic mass is 32.2. The lowest BCUT2D eigenvalue weighted by molar-refractivity contribution is 0.723. The molecule has 106 valence electrons. The lowest BCUT2D eigenvalue weighted by atomic mass is 10.3. The molecule has 1 heterocycles. The fraction of sp³-hybridized carbons (Fsp3) is 0.714. The molecule has 1 aromatic heterocycles. The summed E-state index contributed by atoms with van der Waals surface area (Å²) in [7, 11) is 0. The van der Waals surface area contributed by atoms with E-state index >= 15 is 0 Å². The molecular formula is C14H24N4S. The molecular weight excluding hydrogens is 256 g/mol. The molecule has 1 saturated carbocycles. The predicted octanol–water partition coefficient (Wildman–Crippen LogP) is 3.26. The van der Waals surface area contributed by atoms with Crippen molar-refractivity contribution in [1.82, 2.24) is 9.97 Å². The van der Waals surface area contributed by atoms with E-state index in [0.717, 1.165) is 48.8 Å². The summed E-state index contributed by atoms with van der Waals surface area (Å²) >= 11 is 1.60. The molecule has 1 aliphatic rings. The van der Waals surface area contributed by atoms with Crippen molar-refractivity contribution in [2.45, 2.75) is 38.3 Å². The summed E-state index contributed by atoms with van der Waals surface area (Å²) in [5, 5.41) is 4.22. The summed E-state index contributed by atoms with van der Waals surface area (Å²) in [5.41, 5.74) is 0. The highest BCUT2D eigenvalue weighted by molar-refractivity contribution is 7.98. The Hall–Kier alpha value is -0.970. The molecule has 0 unspecified atom stereocenters. The zero-order valence-corrected chi connectivity index (χ0v) is 13.0. The molecule has 0 aromatic carbocycles. The number of nitrogens with one attached hydrogen (secondary N) is 1. The van der Waals surface area contributed by atoms with Gasteiger partial charge in [0.25, 0.3) is 0 Å². The molecule has 0 atom stereocenters. The van der Waals surface area contributed by atoms with E-state index in [1.807, 2.05) is 6.26 Å². The van der Waals surface area contributed by atoms with E-state index < -0.39 is 0 Å². The fourth-order valence-corrected chi connectivity index (χ4v) is 2.38. The van der Waals surface area contributed by atoms with E-state index in [2.05, 4.69) is 40.1 Å². The fourth-order valence-electron chi connectivity index (χ4n) is 2.01.